The Labute approximate surface area is 160 Å². The Morgan fingerprint density at radius 2 is 1.93 bits per heavy atom. The first-order chi connectivity index (χ1) is 13.4. The molecular formula is C20H17N2O6-. The average Bonchev–Trinajstić information content (AvgIpc) is 2.97. The number of carboxylic acids is 1. The highest BCUT2D eigenvalue weighted by atomic mass is 16.5. The van der Waals surface area contributed by atoms with E-state index in [2.05, 4.69) is 4.98 Å². The predicted molar refractivity (Wildman–Crippen MR) is 95.9 cm³/mol. The van der Waals surface area contributed by atoms with Gasteiger partial charge in [-0.25, -0.2) is 0 Å². The lowest BCUT2D eigenvalue weighted by Gasteiger charge is -2.24. The van der Waals surface area contributed by atoms with E-state index < -0.39 is 30.1 Å². The highest BCUT2D eigenvalue weighted by Crippen LogP contribution is 2.38. The van der Waals surface area contributed by atoms with E-state index in [0.29, 0.717) is 17.0 Å². The molecule has 8 nitrogen and oxygen atoms in total. The molecule has 1 fully saturated rings. The van der Waals surface area contributed by atoms with Crippen molar-refractivity contribution in [2.45, 2.75) is 12.5 Å². The number of pyridine rings is 1. The maximum atomic E-state index is 12.7. The molecule has 8 heteroatoms. The van der Waals surface area contributed by atoms with Gasteiger partial charge < -0.3 is 24.6 Å². The summed E-state index contributed by atoms with van der Waals surface area (Å²) in [7, 11) is 1.50. The van der Waals surface area contributed by atoms with Gasteiger partial charge in [0.25, 0.3) is 11.7 Å². The first-order valence-corrected chi connectivity index (χ1v) is 8.47. The number of aliphatic hydroxyl groups excluding tert-OH is 1. The summed E-state index contributed by atoms with van der Waals surface area (Å²) < 4.78 is 5.08. The summed E-state index contributed by atoms with van der Waals surface area (Å²) in [6.45, 7) is -0.243. The number of carboxylic acid groups (broad SMARTS) is 1. The number of benzene rings is 1. The smallest absolute Gasteiger partial charge is 0.295 e. The summed E-state index contributed by atoms with van der Waals surface area (Å²) in [5.74, 6) is -2.95. The van der Waals surface area contributed by atoms with Gasteiger partial charge in [0.05, 0.1) is 18.4 Å². The van der Waals surface area contributed by atoms with E-state index >= 15 is 0 Å². The third-order valence-electron chi connectivity index (χ3n) is 4.43. The van der Waals surface area contributed by atoms with Crippen LogP contribution in [-0.4, -0.2) is 46.3 Å². The van der Waals surface area contributed by atoms with Crippen molar-refractivity contribution in [1.29, 1.82) is 0 Å². The summed E-state index contributed by atoms with van der Waals surface area (Å²) in [4.78, 5) is 41.3. The van der Waals surface area contributed by atoms with E-state index in [0.717, 1.165) is 4.90 Å². The van der Waals surface area contributed by atoms with Crippen LogP contribution in [0.25, 0.3) is 5.76 Å². The minimum absolute atomic E-state index is 0.146. The molecular weight excluding hydrogens is 364 g/mol. The number of ketones is 1. The van der Waals surface area contributed by atoms with Crippen molar-refractivity contribution in [2.75, 3.05) is 13.7 Å². The molecule has 1 N–H and O–H groups in total. The van der Waals surface area contributed by atoms with Gasteiger partial charge >= 0.3 is 0 Å². The number of hydrogen-bond acceptors (Lipinski definition) is 7. The monoisotopic (exact) mass is 381 g/mol. The second kappa shape index (κ2) is 7.91. The van der Waals surface area contributed by atoms with Crippen LogP contribution in [0, 0.1) is 0 Å². The maximum Gasteiger partial charge on any atom is 0.295 e. The fourth-order valence-corrected chi connectivity index (χ4v) is 3.07. The van der Waals surface area contributed by atoms with E-state index in [1.54, 1.807) is 42.5 Å². The fraction of sp³-hybridized carbons (Fsp3) is 0.200. The van der Waals surface area contributed by atoms with E-state index in [9.17, 15) is 24.6 Å². The van der Waals surface area contributed by atoms with E-state index in [-0.39, 0.29) is 17.9 Å². The van der Waals surface area contributed by atoms with Gasteiger partial charge in [-0.2, -0.15) is 0 Å². The summed E-state index contributed by atoms with van der Waals surface area (Å²) in [5, 5.41) is 21.6. The molecule has 1 amide bonds. The zero-order chi connectivity index (χ0) is 20.3. The lowest BCUT2D eigenvalue weighted by molar-refractivity contribution is -0.305. The van der Waals surface area contributed by atoms with Crippen molar-refractivity contribution in [2.24, 2.45) is 0 Å². The number of carbonyl (C=O) groups excluding carboxylic acids is 3. The number of aliphatic hydroxyl groups is 1. The quantitative estimate of drug-likeness (QED) is 0.443. The van der Waals surface area contributed by atoms with Gasteiger partial charge in [-0.3, -0.25) is 14.6 Å². The summed E-state index contributed by atoms with van der Waals surface area (Å²) >= 11 is 0. The van der Waals surface area contributed by atoms with Gasteiger partial charge in [0.15, 0.2) is 0 Å². The number of nitrogens with zero attached hydrogens (tertiary/aromatic N) is 2. The molecule has 1 aromatic carbocycles. The van der Waals surface area contributed by atoms with Crippen LogP contribution in [-0.2, 0) is 14.4 Å². The molecule has 28 heavy (non-hydrogen) atoms. The number of aliphatic carboxylic acids is 1. The molecule has 0 bridgehead atoms. The number of likely N-dealkylation sites (tertiary alicyclic amines) is 1. The van der Waals surface area contributed by atoms with Crippen molar-refractivity contribution >= 4 is 23.4 Å². The van der Waals surface area contributed by atoms with Gasteiger partial charge in [-0.15, -0.1) is 0 Å². The lowest BCUT2D eigenvalue weighted by Crippen LogP contribution is -2.35. The Hall–Kier alpha value is -3.68. The molecule has 0 saturated carbocycles. The molecule has 0 radical (unpaired) electrons. The number of Topliss-reactive ketones (excluding diaryl/α,β-unsaturated/α-hetero) is 1. The molecule has 0 aliphatic carbocycles. The third-order valence-corrected chi connectivity index (χ3v) is 4.43. The standard InChI is InChI=1S/C20H18N2O6/c1-28-13-7-5-12(6-8-13)18(25)16-17(14-4-2-3-10-21-14)22(11-9-15(23)24)20(27)19(16)26/h2-8,10,17,25H,9,11H2,1H3,(H,23,24)/p-1/t17-/m0/s1. The van der Waals surface area contributed by atoms with Crippen LogP contribution in [0.1, 0.15) is 23.7 Å². The number of ether oxygens (including phenoxy) is 1. The van der Waals surface area contributed by atoms with Crippen molar-refractivity contribution in [3.05, 3.63) is 65.5 Å². The fourth-order valence-electron chi connectivity index (χ4n) is 3.07. The second-order valence-electron chi connectivity index (χ2n) is 6.10. The third kappa shape index (κ3) is 3.57. The molecule has 1 aromatic heterocycles. The van der Waals surface area contributed by atoms with Crippen LogP contribution in [0.15, 0.2) is 54.2 Å². The van der Waals surface area contributed by atoms with Gasteiger partial charge in [0, 0.05) is 30.7 Å². The van der Waals surface area contributed by atoms with Crippen LogP contribution in [0.4, 0.5) is 0 Å². The largest absolute Gasteiger partial charge is 0.550 e. The molecule has 0 spiro atoms. The van der Waals surface area contributed by atoms with Gasteiger partial charge in [-0.05, 0) is 36.4 Å². The summed E-state index contributed by atoms with van der Waals surface area (Å²) in [6.07, 6.45) is 1.04. The molecule has 0 unspecified atom stereocenters. The Bertz CT molecular complexity index is 937. The molecule has 2 aromatic rings. The minimum atomic E-state index is -1.35. The average molecular weight is 381 g/mol. The van der Waals surface area contributed by atoms with Crippen molar-refractivity contribution in [3.63, 3.8) is 0 Å². The topological polar surface area (TPSA) is 120 Å². The van der Waals surface area contributed by atoms with Crippen LogP contribution < -0.4 is 9.84 Å². The molecule has 1 aliphatic rings. The molecule has 144 valence electrons. The van der Waals surface area contributed by atoms with Gasteiger partial charge in [0.1, 0.15) is 17.6 Å². The second-order valence-corrected chi connectivity index (χ2v) is 6.10. The van der Waals surface area contributed by atoms with E-state index in [1.165, 1.54) is 13.3 Å². The van der Waals surface area contributed by atoms with Crippen molar-refractivity contribution in [1.82, 2.24) is 9.88 Å². The van der Waals surface area contributed by atoms with E-state index in [4.69, 9.17) is 4.74 Å². The SMILES string of the molecule is COc1ccc(C(O)=C2C(=O)C(=O)N(CCC(=O)[O-])[C@H]2c2ccccn2)cc1. The minimum Gasteiger partial charge on any atom is -0.550 e. The van der Waals surface area contributed by atoms with Gasteiger partial charge in [-0.1, -0.05) is 6.07 Å². The molecule has 1 saturated heterocycles. The number of aromatic nitrogens is 1. The van der Waals surface area contributed by atoms with Crippen molar-refractivity contribution in [3.8, 4) is 5.75 Å². The Morgan fingerprint density at radius 1 is 1.21 bits per heavy atom. The predicted octanol–water partition coefficient (Wildman–Crippen LogP) is 0.652. The van der Waals surface area contributed by atoms with Crippen LogP contribution >= 0.6 is 0 Å². The molecule has 2 heterocycles. The van der Waals surface area contributed by atoms with Crippen LogP contribution in [0.2, 0.25) is 0 Å². The number of methoxy groups -OCH3 is 1. The van der Waals surface area contributed by atoms with Crippen LogP contribution in [0.5, 0.6) is 5.75 Å². The zero-order valence-electron chi connectivity index (χ0n) is 15.0. The molecule has 3 rings (SSSR count). The molecule has 1 aliphatic heterocycles. The zero-order valence-corrected chi connectivity index (χ0v) is 15.0. The van der Waals surface area contributed by atoms with E-state index in [1.807, 2.05) is 0 Å². The lowest BCUT2D eigenvalue weighted by atomic mass is 9.98. The Morgan fingerprint density at radius 3 is 2.50 bits per heavy atom. The normalized spacial score (nSPS) is 18.3. The first kappa shape index (κ1) is 19.1. The number of carbonyl (C=O) groups is 3. The Balaban J connectivity index is 2.11. The number of amides is 1. The van der Waals surface area contributed by atoms with Crippen LogP contribution in [0.3, 0.4) is 0 Å². The maximum absolute atomic E-state index is 12.7. The highest BCUT2D eigenvalue weighted by Gasteiger charge is 2.46. The first-order valence-electron chi connectivity index (χ1n) is 8.47. The number of rotatable bonds is 6. The Kier molecular flexibility index (Phi) is 5.39. The van der Waals surface area contributed by atoms with Gasteiger partial charge in [0.2, 0.25) is 0 Å². The summed E-state index contributed by atoms with van der Waals surface area (Å²) in [5.41, 5.74) is 0.516. The van der Waals surface area contributed by atoms with Crippen molar-refractivity contribution < 1.29 is 29.3 Å². The molecule has 1 atom stereocenters. The summed E-state index contributed by atoms with van der Waals surface area (Å²) in [6, 6.07) is 10.3. The highest BCUT2D eigenvalue weighted by molar-refractivity contribution is 6.46. The number of hydrogen-bond donors (Lipinski definition) is 1.